The summed E-state index contributed by atoms with van der Waals surface area (Å²) >= 11 is 6.38. The van der Waals surface area contributed by atoms with Crippen molar-refractivity contribution in [2.75, 3.05) is 31.1 Å². The van der Waals surface area contributed by atoms with E-state index in [4.69, 9.17) is 11.6 Å². The van der Waals surface area contributed by atoms with E-state index in [1.807, 2.05) is 6.07 Å². The second-order valence-corrected chi connectivity index (χ2v) is 5.65. The molecule has 2 rings (SSSR count). The molecule has 106 valence electrons. The summed E-state index contributed by atoms with van der Waals surface area (Å²) in [5.74, 6) is 0.391. The van der Waals surface area contributed by atoms with Gasteiger partial charge < -0.3 is 15.3 Å². The Hall–Kier alpha value is -0.770. The van der Waals surface area contributed by atoms with Crippen molar-refractivity contribution in [3.63, 3.8) is 0 Å². The van der Waals surface area contributed by atoms with Crippen molar-refractivity contribution in [2.24, 2.45) is 5.92 Å². The van der Waals surface area contributed by atoms with Crippen LogP contribution in [-0.2, 0) is 6.54 Å². The van der Waals surface area contributed by atoms with Crippen molar-refractivity contribution in [1.82, 2.24) is 5.32 Å². The van der Waals surface area contributed by atoms with Crippen molar-refractivity contribution in [3.8, 4) is 0 Å². The van der Waals surface area contributed by atoms with Gasteiger partial charge in [-0.2, -0.15) is 0 Å². The molecule has 0 saturated carbocycles. The van der Waals surface area contributed by atoms with E-state index in [1.54, 1.807) is 0 Å². The fourth-order valence-corrected chi connectivity index (χ4v) is 2.85. The maximum atomic E-state index is 9.20. The summed E-state index contributed by atoms with van der Waals surface area (Å²) in [7, 11) is 0. The maximum absolute atomic E-state index is 9.20. The van der Waals surface area contributed by atoms with Crippen molar-refractivity contribution < 1.29 is 5.11 Å². The molecule has 19 heavy (non-hydrogen) atoms. The molecule has 1 atom stereocenters. The normalized spacial score (nSPS) is 19.1. The first-order valence-electron chi connectivity index (χ1n) is 7.09. The van der Waals surface area contributed by atoms with Crippen LogP contribution in [0.5, 0.6) is 0 Å². The van der Waals surface area contributed by atoms with Gasteiger partial charge in [0, 0.05) is 32.2 Å². The summed E-state index contributed by atoms with van der Waals surface area (Å²) in [5.41, 5.74) is 2.32. The summed E-state index contributed by atoms with van der Waals surface area (Å²) in [6, 6.07) is 6.28. The standard InChI is InChI=1S/C15H23ClN2O/c1-2-6-17-9-12-3-4-15(14(16)8-12)18-7-5-13(10-18)11-19/h3-4,8,13,17,19H,2,5-7,9-11H2,1H3. The molecule has 2 N–H and O–H groups in total. The first kappa shape index (κ1) is 14.6. The van der Waals surface area contributed by atoms with E-state index in [0.717, 1.165) is 49.7 Å². The van der Waals surface area contributed by atoms with E-state index in [2.05, 4.69) is 29.3 Å². The SMILES string of the molecule is CCCNCc1ccc(N2CCC(CO)C2)c(Cl)c1. The van der Waals surface area contributed by atoms with Gasteiger partial charge in [-0.1, -0.05) is 24.6 Å². The fourth-order valence-electron chi connectivity index (χ4n) is 2.53. The molecule has 0 spiro atoms. The van der Waals surface area contributed by atoms with Crippen molar-refractivity contribution in [1.29, 1.82) is 0 Å². The molecule has 3 nitrogen and oxygen atoms in total. The summed E-state index contributed by atoms with van der Waals surface area (Å²) in [6.45, 7) is 6.22. The largest absolute Gasteiger partial charge is 0.396 e. The molecule has 1 saturated heterocycles. The van der Waals surface area contributed by atoms with E-state index >= 15 is 0 Å². The number of benzene rings is 1. The van der Waals surface area contributed by atoms with Gasteiger partial charge in [-0.05, 0) is 37.1 Å². The topological polar surface area (TPSA) is 35.5 Å². The third-order valence-corrected chi connectivity index (χ3v) is 3.96. The molecule has 1 aromatic rings. The Balaban J connectivity index is 1.99. The van der Waals surface area contributed by atoms with Crippen LogP contribution in [0.15, 0.2) is 18.2 Å². The van der Waals surface area contributed by atoms with Crippen LogP contribution < -0.4 is 10.2 Å². The van der Waals surface area contributed by atoms with E-state index < -0.39 is 0 Å². The van der Waals surface area contributed by atoms with E-state index in [-0.39, 0.29) is 6.61 Å². The number of anilines is 1. The summed E-state index contributed by atoms with van der Waals surface area (Å²) in [5, 5.41) is 13.4. The minimum atomic E-state index is 0.271. The zero-order valence-electron chi connectivity index (χ0n) is 11.5. The number of halogens is 1. The van der Waals surface area contributed by atoms with Crippen molar-refractivity contribution in [2.45, 2.75) is 26.3 Å². The molecule has 0 amide bonds. The van der Waals surface area contributed by atoms with Crippen LogP contribution in [0.1, 0.15) is 25.3 Å². The Labute approximate surface area is 120 Å². The van der Waals surface area contributed by atoms with Crippen LogP contribution in [0.4, 0.5) is 5.69 Å². The van der Waals surface area contributed by atoms with Gasteiger partial charge in [-0.25, -0.2) is 0 Å². The average Bonchev–Trinajstić information content (AvgIpc) is 2.88. The third kappa shape index (κ3) is 3.85. The Morgan fingerprint density at radius 2 is 2.32 bits per heavy atom. The minimum Gasteiger partial charge on any atom is -0.396 e. The minimum absolute atomic E-state index is 0.271. The Bertz CT molecular complexity index is 411. The number of aliphatic hydroxyl groups is 1. The average molecular weight is 283 g/mol. The van der Waals surface area contributed by atoms with Gasteiger partial charge in [0.1, 0.15) is 0 Å². The molecule has 1 heterocycles. The number of nitrogens with one attached hydrogen (secondary N) is 1. The molecule has 0 aromatic heterocycles. The van der Waals surface area contributed by atoms with Gasteiger partial charge >= 0.3 is 0 Å². The second kappa shape index (κ2) is 7.13. The molecule has 4 heteroatoms. The molecular formula is C15H23ClN2O. The number of hydrogen-bond acceptors (Lipinski definition) is 3. The lowest BCUT2D eigenvalue weighted by molar-refractivity contribution is 0.238. The van der Waals surface area contributed by atoms with Gasteiger partial charge in [0.25, 0.3) is 0 Å². The fraction of sp³-hybridized carbons (Fsp3) is 0.600. The third-order valence-electron chi connectivity index (χ3n) is 3.65. The molecule has 1 aromatic carbocycles. The highest BCUT2D eigenvalue weighted by Crippen LogP contribution is 2.31. The van der Waals surface area contributed by atoms with Crippen LogP contribution >= 0.6 is 11.6 Å². The molecule has 1 fully saturated rings. The summed E-state index contributed by atoms with van der Waals surface area (Å²) in [4.78, 5) is 2.27. The lowest BCUT2D eigenvalue weighted by Gasteiger charge is -2.20. The predicted molar refractivity (Wildman–Crippen MR) is 80.9 cm³/mol. The van der Waals surface area contributed by atoms with Crippen molar-refractivity contribution >= 4 is 17.3 Å². The van der Waals surface area contributed by atoms with Crippen LogP contribution in [0.25, 0.3) is 0 Å². The quantitative estimate of drug-likeness (QED) is 0.788. The highest BCUT2D eigenvalue weighted by molar-refractivity contribution is 6.33. The number of nitrogens with zero attached hydrogens (tertiary/aromatic N) is 1. The van der Waals surface area contributed by atoms with Crippen molar-refractivity contribution in [3.05, 3.63) is 28.8 Å². The second-order valence-electron chi connectivity index (χ2n) is 5.25. The molecule has 0 aliphatic carbocycles. The van der Waals surface area contributed by atoms with Crippen LogP contribution in [0.2, 0.25) is 5.02 Å². The Morgan fingerprint density at radius 1 is 1.47 bits per heavy atom. The Kier molecular flexibility index (Phi) is 5.49. The zero-order valence-corrected chi connectivity index (χ0v) is 12.3. The van der Waals surface area contributed by atoms with Gasteiger partial charge in [-0.15, -0.1) is 0 Å². The number of aliphatic hydroxyl groups excluding tert-OH is 1. The van der Waals surface area contributed by atoms with Crippen LogP contribution in [-0.4, -0.2) is 31.3 Å². The van der Waals surface area contributed by atoms with Gasteiger partial charge in [0.2, 0.25) is 0 Å². The van der Waals surface area contributed by atoms with E-state index in [9.17, 15) is 5.11 Å². The molecular weight excluding hydrogens is 260 g/mol. The highest BCUT2D eigenvalue weighted by atomic mass is 35.5. The Morgan fingerprint density at radius 3 is 2.95 bits per heavy atom. The van der Waals surface area contributed by atoms with Crippen LogP contribution in [0.3, 0.4) is 0 Å². The molecule has 0 radical (unpaired) electrons. The zero-order chi connectivity index (χ0) is 13.7. The maximum Gasteiger partial charge on any atom is 0.0642 e. The lowest BCUT2D eigenvalue weighted by Crippen LogP contribution is -2.21. The number of hydrogen-bond donors (Lipinski definition) is 2. The van der Waals surface area contributed by atoms with Gasteiger partial charge in [-0.3, -0.25) is 0 Å². The molecule has 1 unspecified atom stereocenters. The first-order valence-corrected chi connectivity index (χ1v) is 7.47. The highest BCUT2D eigenvalue weighted by Gasteiger charge is 2.23. The smallest absolute Gasteiger partial charge is 0.0642 e. The molecule has 0 bridgehead atoms. The monoisotopic (exact) mass is 282 g/mol. The first-order chi connectivity index (χ1) is 9.24. The van der Waals surface area contributed by atoms with Gasteiger partial charge in [0.15, 0.2) is 0 Å². The van der Waals surface area contributed by atoms with Crippen LogP contribution in [0, 0.1) is 5.92 Å². The summed E-state index contributed by atoms with van der Waals surface area (Å²) in [6.07, 6.45) is 2.19. The molecule has 1 aliphatic heterocycles. The summed E-state index contributed by atoms with van der Waals surface area (Å²) < 4.78 is 0. The van der Waals surface area contributed by atoms with Gasteiger partial charge in [0.05, 0.1) is 10.7 Å². The van der Waals surface area contributed by atoms with E-state index in [0.29, 0.717) is 5.92 Å². The number of rotatable bonds is 6. The lowest BCUT2D eigenvalue weighted by atomic mass is 10.1. The van der Waals surface area contributed by atoms with E-state index in [1.165, 1.54) is 5.56 Å². The molecule has 1 aliphatic rings. The predicted octanol–water partition coefficient (Wildman–Crippen LogP) is 2.66.